The summed E-state index contributed by atoms with van der Waals surface area (Å²) in [7, 11) is 0. The molecule has 1 aliphatic heterocycles. The maximum Gasteiger partial charge on any atom is 0.410 e. The SMILES string of the molecule is C[C@H]1C[C@@H](Oc2cc(Cl)ncn2)CN1C(=O)OC(C)(C)C. The van der Waals surface area contributed by atoms with Crippen LogP contribution in [0.2, 0.25) is 5.15 Å². The largest absolute Gasteiger partial charge is 0.472 e. The number of ether oxygens (including phenoxy) is 2. The molecule has 116 valence electrons. The lowest BCUT2D eigenvalue weighted by atomic mass is 10.2. The number of rotatable bonds is 2. The summed E-state index contributed by atoms with van der Waals surface area (Å²) in [5.74, 6) is 0.415. The molecule has 2 rings (SSSR count). The Labute approximate surface area is 129 Å². The Bertz CT molecular complexity index is 518. The van der Waals surface area contributed by atoms with Crippen molar-refractivity contribution in [3.63, 3.8) is 0 Å². The number of amides is 1. The van der Waals surface area contributed by atoms with Crippen LogP contribution in [0, 0.1) is 0 Å². The highest BCUT2D eigenvalue weighted by Gasteiger charge is 2.36. The molecule has 1 saturated heterocycles. The quantitative estimate of drug-likeness (QED) is 0.785. The Morgan fingerprint density at radius 2 is 2.14 bits per heavy atom. The van der Waals surface area contributed by atoms with Crippen molar-refractivity contribution in [2.45, 2.75) is 51.9 Å². The van der Waals surface area contributed by atoms with Crippen LogP contribution in [-0.2, 0) is 4.74 Å². The van der Waals surface area contributed by atoms with Gasteiger partial charge >= 0.3 is 6.09 Å². The molecule has 0 aliphatic carbocycles. The van der Waals surface area contributed by atoms with Gasteiger partial charge in [-0.2, -0.15) is 0 Å². The highest BCUT2D eigenvalue weighted by atomic mass is 35.5. The Balaban J connectivity index is 1.96. The topological polar surface area (TPSA) is 64.6 Å². The molecule has 1 aromatic heterocycles. The average molecular weight is 314 g/mol. The number of carbonyl (C=O) groups excluding carboxylic acids is 1. The van der Waals surface area contributed by atoms with E-state index < -0.39 is 5.60 Å². The number of carbonyl (C=O) groups is 1. The third-order valence-electron chi connectivity index (χ3n) is 3.06. The van der Waals surface area contributed by atoms with Gasteiger partial charge in [-0.1, -0.05) is 11.6 Å². The lowest BCUT2D eigenvalue weighted by molar-refractivity contribution is 0.0223. The van der Waals surface area contributed by atoms with Crippen LogP contribution in [0.4, 0.5) is 4.79 Å². The first kappa shape index (κ1) is 15.8. The number of likely N-dealkylation sites (tertiary alicyclic amines) is 1. The van der Waals surface area contributed by atoms with E-state index in [1.165, 1.54) is 6.33 Å². The predicted octanol–water partition coefficient (Wildman–Crippen LogP) is 2.91. The number of aromatic nitrogens is 2. The molecule has 0 N–H and O–H groups in total. The monoisotopic (exact) mass is 313 g/mol. The molecule has 0 saturated carbocycles. The van der Waals surface area contributed by atoms with Crippen LogP contribution in [0.5, 0.6) is 5.88 Å². The third kappa shape index (κ3) is 4.46. The van der Waals surface area contributed by atoms with E-state index in [4.69, 9.17) is 21.1 Å². The molecule has 1 fully saturated rings. The standard InChI is InChI=1S/C14H20ClN3O3/c1-9-5-10(20-12-6-11(15)16-8-17-12)7-18(9)13(19)21-14(2,3)4/h6,8-10H,5,7H2,1-4H3/t9-,10+/m0/s1. The average Bonchev–Trinajstić information content (AvgIpc) is 2.68. The number of nitrogens with zero attached hydrogens (tertiary/aromatic N) is 3. The van der Waals surface area contributed by atoms with Crippen LogP contribution >= 0.6 is 11.6 Å². The highest BCUT2D eigenvalue weighted by Crippen LogP contribution is 2.24. The first-order valence-electron chi connectivity index (χ1n) is 6.88. The maximum atomic E-state index is 12.1. The zero-order chi connectivity index (χ0) is 15.6. The summed E-state index contributed by atoms with van der Waals surface area (Å²) in [6.07, 6.45) is 1.63. The Hall–Kier alpha value is -1.56. The summed E-state index contributed by atoms with van der Waals surface area (Å²) in [6, 6.07) is 1.62. The van der Waals surface area contributed by atoms with Gasteiger partial charge in [-0.3, -0.25) is 0 Å². The molecule has 7 heteroatoms. The van der Waals surface area contributed by atoms with Gasteiger partial charge in [-0.15, -0.1) is 0 Å². The summed E-state index contributed by atoms with van der Waals surface area (Å²) in [5.41, 5.74) is -0.504. The second-order valence-electron chi connectivity index (χ2n) is 6.14. The van der Waals surface area contributed by atoms with Gasteiger partial charge < -0.3 is 14.4 Å². The molecule has 0 spiro atoms. The van der Waals surface area contributed by atoms with Gasteiger partial charge in [0, 0.05) is 18.5 Å². The molecule has 21 heavy (non-hydrogen) atoms. The molecule has 2 atom stereocenters. The summed E-state index contributed by atoms with van der Waals surface area (Å²) < 4.78 is 11.1. The second kappa shape index (κ2) is 6.05. The molecule has 0 bridgehead atoms. The van der Waals surface area contributed by atoms with Crippen molar-refractivity contribution in [3.8, 4) is 5.88 Å². The molecule has 0 unspecified atom stereocenters. The first-order chi connectivity index (χ1) is 9.74. The zero-order valence-electron chi connectivity index (χ0n) is 12.7. The second-order valence-corrected chi connectivity index (χ2v) is 6.52. The van der Waals surface area contributed by atoms with Gasteiger partial charge in [-0.25, -0.2) is 14.8 Å². The van der Waals surface area contributed by atoms with Crippen molar-refractivity contribution in [1.29, 1.82) is 0 Å². The van der Waals surface area contributed by atoms with Gasteiger partial charge in [0.25, 0.3) is 0 Å². The van der Waals surface area contributed by atoms with Crippen molar-refractivity contribution in [1.82, 2.24) is 14.9 Å². The molecule has 1 aromatic rings. The molecule has 0 radical (unpaired) electrons. The predicted molar refractivity (Wildman–Crippen MR) is 78.5 cm³/mol. The van der Waals surface area contributed by atoms with E-state index in [1.807, 2.05) is 27.7 Å². The summed E-state index contributed by atoms with van der Waals surface area (Å²) in [6.45, 7) is 7.99. The number of halogens is 1. The van der Waals surface area contributed by atoms with Crippen molar-refractivity contribution in [2.75, 3.05) is 6.54 Å². The maximum absolute atomic E-state index is 12.1. The molecule has 1 amide bonds. The fourth-order valence-corrected chi connectivity index (χ4v) is 2.33. The zero-order valence-corrected chi connectivity index (χ0v) is 13.4. The molecular weight excluding hydrogens is 294 g/mol. The van der Waals surface area contributed by atoms with Crippen LogP contribution in [0.3, 0.4) is 0 Å². The van der Waals surface area contributed by atoms with Gasteiger partial charge in [0.15, 0.2) is 0 Å². The fraction of sp³-hybridized carbons (Fsp3) is 0.643. The van der Waals surface area contributed by atoms with E-state index in [0.29, 0.717) is 17.6 Å². The minimum atomic E-state index is -0.504. The first-order valence-corrected chi connectivity index (χ1v) is 7.26. The van der Waals surface area contributed by atoms with E-state index in [9.17, 15) is 4.79 Å². The van der Waals surface area contributed by atoms with Crippen molar-refractivity contribution in [2.24, 2.45) is 0 Å². The Kier molecular flexibility index (Phi) is 4.56. The summed E-state index contributed by atoms with van der Waals surface area (Å²) >= 11 is 5.80. The minimum Gasteiger partial charge on any atom is -0.472 e. The van der Waals surface area contributed by atoms with Gasteiger partial charge in [0.05, 0.1) is 6.54 Å². The van der Waals surface area contributed by atoms with E-state index in [1.54, 1.807) is 11.0 Å². The van der Waals surface area contributed by atoms with Crippen molar-refractivity contribution < 1.29 is 14.3 Å². The van der Waals surface area contributed by atoms with Gasteiger partial charge in [-0.05, 0) is 27.7 Å². The Morgan fingerprint density at radius 3 is 2.76 bits per heavy atom. The number of hydrogen-bond donors (Lipinski definition) is 0. The number of hydrogen-bond acceptors (Lipinski definition) is 5. The normalized spacial score (nSPS) is 22.2. The fourth-order valence-electron chi connectivity index (χ4n) is 2.19. The van der Waals surface area contributed by atoms with E-state index >= 15 is 0 Å². The molecular formula is C14H20ClN3O3. The minimum absolute atomic E-state index is 0.0576. The summed E-state index contributed by atoms with van der Waals surface area (Å²) in [4.78, 5) is 21.6. The molecule has 6 nitrogen and oxygen atoms in total. The third-order valence-corrected chi connectivity index (χ3v) is 3.27. The van der Waals surface area contributed by atoms with Crippen LogP contribution in [0.25, 0.3) is 0 Å². The lowest BCUT2D eigenvalue weighted by Gasteiger charge is -2.26. The Morgan fingerprint density at radius 1 is 1.43 bits per heavy atom. The smallest absolute Gasteiger partial charge is 0.410 e. The van der Waals surface area contributed by atoms with Crippen LogP contribution in [-0.4, -0.2) is 45.3 Å². The van der Waals surface area contributed by atoms with Crippen LogP contribution in [0.15, 0.2) is 12.4 Å². The van der Waals surface area contributed by atoms with E-state index in [2.05, 4.69) is 9.97 Å². The van der Waals surface area contributed by atoms with Crippen molar-refractivity contribution in [3.05, 3.63) is 17.5 Å². The molecule has 1 aliphatic rings. The van der Waals surface area contributed by atoms with E-state index in [-0.39, 0.29) is 18.2 Å². The lowest BCUT2D eigenvalue weighted by Crippen LogP contribution is -2.39. The van der Waals surface area contributed by atoms with E-state index in [0.717, 1.165) is 6.42 Å². The van der Waals surface area contributed by atoms with Gasteiger partial charge in [0.2, 0.25) is 5.88 Å². The molecule has 0 aromatic carbocycles. The van der Waals surface area contributed by atoms with Gasteiger partial charge in [0.1, 0.15) is 23.2 Å². The van der Waals surface area contributed by atoms with Crippen LogP contribution in [0.1, 0.15) is 34.1 Å². The molecule has 2 heterocycles. The summed E-state index contributed by atoms with van der Waals surface area (Å²) in [5, 5.41) is 0.329. The van der Waals surface area contributed by atoms with Crippen LogP contribution < -0.4 is 4.74 Å². The highest BCUT2D eigenvalue weighted by molar-refractivity contribution is 6.29. The van der Waals surface area contributed by atoms with Crippen molar-refractivity contribution >= 4 is 17.7 Å².